The molecule has 0 bridgehead atoms. The lowest BCUT2D eigenvalue weighted by atomic mass is 10.1. The Bertz CT molecular complexity index is 524. The van der Waals surface area contributed by atoms with Gasteiger partial charge in [-0.2, -0.15) is 0 Å². The van der Waals surface area contributed by atoms with Crippen molar-refractivity contribution in [2.45, 2.75) is 12.5 Å². The van der Waals surface area contributed by atoms with Crippen LogP contribution in [0.1, 0.15) is 16.5 Å². The first-order valence-corrected chi connectivity index (χ1v) is 6.94. The maximum Gasteiger partial charge on any atom is 0.0937 e. The Morgan fingerprint density at radius 2 is 1.88 bits per heavy atom. The summed E-state index contributed by atoms with van der Waals surface area (Å²) < 4.78 is 0. The predicted molar refractivity (Wildman–Crippen MR) is 74.5 cm³/mol. The van der Waals surface area contributed by atoms with Gasteiger partial charge in [0.2, 0.25) is 0 Å². The van der Waals surface area contributed by atoms with Crippen molar-refractivity contribution in [1.29, 1.82) is 0 Å². The molecule has 1 atom stereocenters. The van der Waals surface area contributed by atoms with Crippen molar-refractivity contribution in [1.82, 2.24) is 0 Å². The van der Waals surface area contributed by atoms with Gasteiger partial charge in [0.1, 0.15) is 0 Å². The van der Waals surface area contributed by atoms with E-state index in [1.54, 1.807) is 24.3 Å². The zero-order valence-corrected chi connectivity index (χ0v) is 11.7. The van der Waals surface area contributed by atoms with Crippen molar-refractivity contribution in [3.63, 3.8) is 0 Å². The molecule has 1 aromatic heterocycles. The van der Waals surface area contributed by atoms with Crippen LogP contribution in [-0.2, 0) is 6.42 Å². The molecular weight excluding hydrogens is 299 g/mol. The third-order valence-corrected chi connectivity index (χ3v) is 4.43. The second-order valence-corrected chi connectivity index (χ2v) is 5.79. The van der Waals surface area contributed by atoms with E-state index < -0.39 is 6.10 Å². The minimum absolute atomic E-state index is 0.402. The molecule has 0 spiro atoms. The van der Waals surface area contributed by atoms with E-state index in [4.69, 9.17) is 34.8 Å². The van der Waals surface area contributed by atoms with Crippen molar-refractivity contribution in [3.05, 3.63) is 55.2 Å². The second kappa shape index (κ2) is 5.59. The minimum atomic E-state index is -0.654. The van der Waals surface area contributed by atoms with E-state index in [1.165, 1.54) is 11.3 Å². The molecule has 0 amide bonds. The molecule has 0 aliphatic carbocycles. The molecule has 1 nitrogen and oxygen atoms in total. The Morgan fingerprint density at radius 3 is 2.53 bits per heavy atom. The Morgan fingerprint density at radius 1 is 1.12 bits per heavy atom. The maximum atomic E-state index is 10.1. The highest BCUT2D eigenvalue weighted by molar-refractivity contribution is 7.10. The first-order chi connectivity index (χ1) is 8.08. The summed E-state index contributed by atoms with van der Waals surface area (Å²) in [6.45, 7) is 0. The molecule has 0 fully saturated rings. The lowest BCUT2D eigenvalue weighted by molar-refractivity contribution is 0.182. The van der Waals surface area contributed by atoms with Gasteiger partial charge in [-0.3, -0.25) is 0 Å². The zero-order valence-electron chi connectivity index (χ0n) is 8.66. The standard InChI is InChI=1S/C12H9Cl3OS/c13-8-1-2-9(14)7(5-8)6-11(16)12-10(15)3-4-17-12/h1-5,11,16H,6H2. The summed E-state index contributed by atoms with van der Waals surface area (Å²) in [5.74, 6) is 0. The molecule has 2 rings (SSSR count). The smallest absolute Gasteiger partial charge is 0.0937 e. The average molecular weight is 308 g/mol. The first-order valence-electron chi connectivity index (χ1n) is 4.93. The quantitative estimate of drug-likeness (QED) is 0.847. The van der Waals surface area contributed by atoms with Crippen LogP contribution < -0.4 is 0 Å². The first kappa shape index (κ1) is 13.2. The fourth-order valence-electron chi connectivity index (χ4n) is 1.54. The molecular formula is C12H9Cl3OS. The number of thiophene rings is 1. The van der Waals surface area contributed by atoms with Gasteiger partial charge in [0.15, 0.2) is 0 Å². The van der Waals surface area contributed by atoms with Crippen LogP contribution in [0.5, 0.6) is 0 Å². The van der Waals surface area contributed by atoms with Gasteiger partial charge in [0.25, 0.3) is 0 Å². The lowest BCUT2D eigenvalue weighted by Gasteiger charge is -2.11. The molecule has 0 aliphatic rings. The van der Waals surface area contributed by atoms with Crippen molar-refractivity contribution < 1.29 is 5.11 Å². The van der Waals surface area contributed by atoms with Crippen molar-refractivity contribution in [2.24, 2.45) is 0 Å². The number of rotatable bonds is 3. The van der Waals surface area contributed by atoms with Gasteiger partial charge < -0.3 is 5.11 Å². The van der Waals surface area contributed by atoms with Gasteiger partial charge in [0.05, 0.1) is 16.0 Å². The summed E-state index contributed by atoms with van der Waals surface area (Å²) in [6, 6.07) is 6.97. The van der Waals surface area contributed by atoms with Gasteiger partial charge in [-0.15, -0.1) is 11.3 Å². The molecule has 5 heteroatoms. The van der Waals surface area contributed by atoms with Crippen molar-refractivity contribution in [2.75, 3.05) is 0 Å². The van der Waals surface area contributed by atoms with Crippen LogP contribution in [0.4, 0.5) is 0 Å². The molecule has 90 valence electrons. The van der Waals surface area contributed by atoms with Crippen molar-refractivity contribution >= 4 is 46.1 Å². The van der Waals surface area contributed by atoms with E-state index in [0.717, 1.165) is 10.4 Å². The molecule has 2 aromatic rings. The molecule has 0 radical (unpaired) electrons. The summed E-state index contributed by atoms with van der Waals surface area (Å²) >= 11 is 19.3. The van der Waals surface area contributed by atoms with Gasteiger partial charge in [-0.05, 0) is 35.2 Å². The van der Waals surface area contributed by atoms with E-state index in [2.05, 4.69) is 0 Å². The summed E-state index contributed by atoms with van der Waals surface area (Å²) in [6.07, 6.45) is -0.252. The number of aliphatic hydroxyl groups excluding tert-OH is 1. The number of halogens is 3. The number of aliphatic hydroxyl groups is 1. The van der Waals surface area contributed by atoms with Crippen LogP contribution in [0.3, 0.4) is 0 Å². The highest BCUT2D eigenvalue weighted by Crippen LogP contribution is 2.32. The largest absolute Gasteiger partial charge is 0.387 e. The normalized spacial score (nSPS) is 12.7. The predicted octanol–water partition coefficient (Wildman–Crippen LogP) is 4.98. The third-order valence-electron chi connectivity index (χ3n) is 2.37. The molecule has 1 N–H and O–H groups in total. The van der Waals surface area contributed by atoms with Crippen LogP contribution in [0.25, 0.3) is 0 Å². The fourth-order valence-corrected chi connectivity index (χ4v) is 3.10. The molecule has 1 aromatic carbocycles. The Hall–Kier alpha value is -0.250. The van der Waals surface area contributed by atoms with Crippen LogP contribution in [0.2, 0.25) is 15.1 Å². The summed E-state index contributed by atoms with van der Waals surface area (Å²) in [7, 11) is 0. The number of hydrogen-bond acceptors (Lipinski definition) is 2. The monoisotopic (exact) mass is 306 g/mol. The van der Waals surface area contributed by atoms with Crippen LogP contribution in [-0.4, -0.2) is 5.11 Å². The van der Waals surface area contributed by atoms with E-state index in [0.29, 0.717) is 21.5 Å². The SMILES string of the molecule is OC(Cc1cc(Cl)ccc1Cl)c1sccc1Cl. The van der Waals surface area contributed by atoms with E-state index in [1.807, 2.05) is 5.38 Å². The minimum Gasteiger partial charge on any atom is -0.387 e. The van der Waals surface area contributed by atoms with E-state index in [-0.39, 0.29) is 0 Å². The molecule has 0 saturated heterocycles. The molecule has 0 saturated carbocycles. The Balaban J connectivity index is 2.21. The molecule has 0 aliphatic heterocycles. The van der Waals surface area contributed by atoms with Crippen LogP contribution >= 0.6 is 46.1 Å². The highest BCUT2D eigenvalue weighted by atomic mass is 35.5. The second-order valence-electron chi connectivity index (χ2n) is 3.59. The van der Waals surface area contributed by atoms with E-state index in [9.17, 15) is 5.11 Å². The summed E-state index contributed by atoms with van der Waals surface area (Å²) in [5.41, 5.74) is 0.816. The molecule has 17 heavy (non-hydrogen) atoms. The van der Waals surface area contributed by atoms with Gasteiger partial charge in [-0.1, -0.05) is 34.8 Å². The lowest BCUT2D eigenvalue weighted by Crippen LogP contribution is -2.00. The van der Waals surface area contributed by atoms with Gasteiger partial charge in [-0.25, -0.2) is 0 Å². The van der Waals surface area contributed by atoms with Gasteiger partial charge >= 0.3 is 0 Å². The number of hydrogen-bond donors (Lipinski definition) is 1. The molecule has 1 heterocycles. The van der Waals surface area contributed by atoms with Crippen molar-refractivity contribution in [3.8, 4) is 0 Å². The summed E-state index contributed by atoms with van der Waals surface area (Å²) in [5, 5.41) is 13.7. The van der Waals surface area contributed by atoms with Crippen LogP contribution in [0.15, 0.2) is 29.6 Å². The topological polar surface area (TPSA) is 20.2 Å². The maximum absolute atomic E-state index is 10.1. The Kier molecular flexibility index (Phi) is 4.34. The van der Waals surface area contributed by atoms with Gasteiger partial charge in [0, 0.05) is 16.5 Å². The third kappa shape index (κ3) is 3.15. The number of benzene rings is 1. The molecule has 1 unspecified atom stereocenters. The zero-order chi connectivity index (χ0) is 12.4. The summed E-state index contributed by atoms with van der Waals surface area (Å²) in [4.78, 5) is 0.753. The Labute approximate surface area is 119 Å². The highest BCUT2D eigenvalue weighted by Gasteiger charge is 2.15. The van der Waals surface area contributed by atoms with Crippen LogP contribution in [0, 0.1) is 0 Å². The fraction of sp³-hybridized carbons (Fsp3) is 0.167. The van der Waals surface area contributed by atoms with E-state index >= 15 is 0 Å². The average Bonchev–Trinajstić information content (AvgIpc) is 2.70.